The van der Waals surface area contributed by atoms with Gasteiger partial charge in [0, 0.05) is 18.6 Å². The van der Waals surface area contributed by atoms with E-state index in [0.29, 0.717) is 11.5 Å². The van der Waals surface area contributed by atoms with Gasteiger partial charge in [-0.1, -0.05) is 6.42 Å². The van der Waals surface area contributed by atoms with Crippen molar-refractivity contribution in [1.29, 1.82) is 0 Å². The fraction of sp³-hybridized carbons (Fsp3) is 1.00. The van der Waals surface area contributed by atoms with Crippen LogP contribution in [0.4, 0.5) is 0 Å². The number of hydrogen-bond donors (Lipinski definition) is 2. The van der Waals surface area contributed by atoms with Gasteiger partial charge in [-0.15, -0.1) is 0 Å². The molecule has 3 N–H and O–H groups in total. The minimum absolute atomic E-state index is 0.423. The smallest absolute Gasteiger partial charge is 0.0222 e. The summed E-state index contributed by atoms with van der Waals surface area (Å²) >= 11 is 0. The first kappa shape index (κ1) is 11.7. The average molecular weight is 248 g/mol. The molecule has 5 fully saturated rings. The van der Waals surface area contributed by atoms with E-state index in [2.05, 4.69) is 5.32 Å². The molecule has 1 atom stereocenters. The Labute approximate surface area is 111 Å². The van der Waals surface area contributed by atoms with E-state index in [-0.39, 0.29) is 0 Å². The van der Waals surface area contributed by atoms with Crippen LogP contribution in [0, 0.1) is 23.2 Å². The summed E-state index contributed by atoms with van der Waals surface area (Å²) in [5, 5.41) is 3.72. The summed E-state index contributed by atoms with van der Waals surface area (Å²) in [5.74, 6) is 3.10. The quantitative estimate of drug-likeness (QED) is 0.803. The number of nitrogens with one attached hydrogen (secondary N) is 1. The second-order valence-corrected chi connectivity index (χ2v) is 7.92. The summed E-state index contributed by atoms with van der Waals surface area (Å²) in [6.07, 6.45) is 13.1. The Kier molecular flexibility index (Phi) is 2.74. The molecular weight excluding hydrogens is 220 g/mol. The Balaban J connectivity index is 1.42. The molecule has 0 aliphatic heterocycles. The molecule has 0 heterocycles. The van der Waals surface area contributed by atoms with Gasteiger partial charge in [0.25, 0.3) is 0 Å². The maximum absolute atomic E-state index is 6.64. The Morgan fingerprint density at radius 3 is 2.00 bits per heavy atom. The van der Waals surface area contributed by atoms with Crippen LogP contribution < -0.4 is 11.1 Å². The molecule has 0 spiro atoms. The molecule has 5 saturated carbocycles. The summed E-state index contributed by atoms with van der Waals surface area (Å²) in [5.41, 5.74) is 7.17. The van der Waals surface area contributed by atoms with Gasteiger partial charge < -0.3 is 11.1 Å². The van der Waals surface area contributed by atoms with E-state index < -0.39 is 0 Å². The molecule has 18 heavy (non-hydrogen) atoms. The fourth-order valence-corrected chi connectivity index (χ4v) is 5.75. The van der Waals surface area contributed by atoms with E-state index in [4.69, 9.17) is 5.73 Å². The van der Waals surface area contributed by atoms with Gasteiger partial charge in [0.15, 0.2) is 0 Å². The van der Waals surface area contributed by atoms with E-state index in [1.165, 1.54) is 57.8 Å². The molecule has 1 unspecified atom stereocenters. The first-order chi connectivity index (χ1) is 8.73. The zero-order valence-corrected chi connectivity index (χ0v) is 11.5. The third kappa shape index (κ3) is 1.84. The van der Waals surface area contributed by atoms with E-state index in [0.717, 1.165) is 30.3 Å². The normalized spacial score (nSPS) is 48.2. The van der Waals surface area contributed by atoms with Crippen LogP contribution in [0.2, 0.25) is 0 Å². The van der Waals surface area contributed by atoms with Crippen LogP contribution in [0.5, 0.6) is 0 Å². The molecule has 5 rings (SSSR count). The highest BCUT2D eigenvalue weighted by atomic mass is 15.0. The topological polar surface area (TPSA) is 38.0 Å². The largest absolute Gasteiger partial charge is 0.326 e. The Bertz CT molecular complexity index is 286. The summed E-state index contributed by atoms with van der Waals surface area (Å²) in [6.45, 7) is 1.08. The van der Waals surface area contributed by atoms with Crippen molar-refractivity contribution in [1.82, 2.24) is 5.32 Å². The monoisotopic (exact) mass is 248 g/mol. The summed E-state index contributed by atoms with van der Waals surface area (Å²) < 4.78 is 0. The molecule has 0 aromatic rings. The molecule has 5 aliphatic carbocycles. The molecule has 0 amide bonds. The zero-order chi connectivity index (χ0) is 12.2. The van der Waals surface area contributed by atoms with E-state index in [1.807, 2.05) is 0 Å². The molecule has 0 saturated heterocycles. The maximum Gasteiger partial charge on any atom is 0.0222 e. The second kappa shape index (κ2) is 4.21. The van der Waals surface area contributed by atoms with Gasteiger partial charge in [0.2, 0.25) is 0 Å². The van der Waals surface area contributed by atoms with Crippen LogP contribution >= 0.6 is 0 Å². The SMILES string of the molecule is NC(CNC1CCC1)C12CC3CC(CC(C3)C1)C2. The lowest BCUT2D eigenvalue weighted by Gasteiger charge is -2.59. The van der Waals surface area contributed by atoms with Gasteiger partial charge in [-0.2, -0.15) is 0 Å². The van der Waals surface area contributed by atoms with Crippen LogP contribution in [0.25, 0.3) is 0 Å². The van der Waals surface area contributed by atoms with Crippen molar-refractivity contribution in [3.8, 4) is 0 Å². The predicted molar refractivity (Wildman–Crippen MR) is 74.2 cm³/mol. The summed E-state index contributed by atoms with van der Waals surface area (Å²) in [6, 6.07) is 1.22. The minimum atomic E-state index is 0.423. The highest BCUT2D eigenvalue weighted by Crippen LogP contribution is 2.60. The third-order valence-corrected chi connectivity index (χ3v) is 6.60. The number of hydrogen-bond acceptors (Lipinski definition) is 2. The number of rotatable bonds is 4. The van der Waals surface area contributed by atoms with Crippen LogP contribution in [0.15, 0.2) is 0 Å². The van der Waals surface area contributed by atoms with Crippen LogP contribution in [0.3, 0.4) is 0 Å². The lowest BCUT2D eigenvalue weighted by molar-refractivity contribution is -0.0670. The molecule has 5 aliphatic rings. The van der Waals surface area contributed by atoms with Crippen molar-refractivity contribution in [3.63, 3.8) is 0 Å². The lowest BCUT2D eigenvalue weighted by atomic mass is 9.48. The number of nitrogens with two attached hydrogens (primary N) is 1. The van der Waals surface area contributed by atoms with E-state index in [1.54, 1.807) is 0 Å². The van der Waals surface area contributed by atoms with Crippen LogP contribution in [-0.4, -0.2) is 18.6 Å². The van der Waals surface area contributed by atoms with E-state index in [9.17, 15) is 0 Å². The van der Waals surface area contributed by atoms with Crippen LogP contribution in [-0.2, 0) is 0 Å². The average Bonchev–Trinajstić information content (AvgIpc) is 2.24. The molecular formula is C16H28N2. The summed E-state index contributed by atoms with van der Waals surface area (Å²) in [4.78, 5) is 0. The Morgan fingerprint density at radius 2 is 1.56 bits per heavy atom. The highest BCUT2D eigenvalue weighted by molar-refractivity contribution is 5.06. The van der Waals surface area contributed by atoms with Gasteiger partial charge in [0.05, 0.1) is 0 Å². The van der Waals surface area contributed by atoms with Gasteiger partial charge >= 0.3 is 0 Å². The van der Waals surface area contributed by atoms with Crippen molar-refractivity contribution in [2.45, 2.75) is 69.9 Å². The maximum atomic E-state index is 6.64. The van der Waals surface area contributed by atoms with Crippen molar-refractivity contribution < 1.29 is 0 Å². The highest BCUT2D eigenvalue weighted by Gasteiger charge is 2.53. The van der Waals surface area contributed by atoms with Crippen LogP contribution in [0.1, 0.15) is 57.8 Å². The molecule has 2 heteroatoms. The molecule has 0 aromatic carbocycles. The first-order valence-corrected chi connectivity index (χ1v) is 8.22. The van der Waals surface area contributed by atoms with Gasteiger partial charge in [-0.3, -0.25) is 0 Å². The molecule has 102 valence electrons. The predicted octanol–water partition coefficient (Wildman–Crippen LogP) is 2.67. The van der Waals surface area contributed by atoms with Crippen molar-refractivity contribution >= 4 is 0 Å². The van der Waals surface area contributed by atoms with Gasteiger partial charge in [0.1, 0.15) is 0 Å². The fourth-order valence-electron chi connectivity index (χ4n) is 5.75. The molecule has 0 aromatic heterocycles. The standard InChI is InChI=1S/C16H28N2/c17-15(10-18-14-2-1-3-14)16-7-11-4-12(8-16)6-13(5-11)9-16/h11-15,18H,1-10,17H2. The Morgan fingerprint density at radius 1 is 1.00 bits per heavy atom. The van der Waals surface area contributed by atoms with Crippen molar-refractivity contribution in [2.24, 2.45) is 28.9 Å². The van der Waals surface area contributed by atoms with Gasteiger partial charge in [-0.05, 0) is 74.5 Å². The summed E-state index contributed by atoms with van der Waals surface area (Å²) in [7, 11) is 0. The van der Waals surface area contributed by atoms with Crippen molar-refractivity contribution in [2.75, 3.05) is 6.54 Å². The van der Waals surface area contributed by atoms with Gasteiger partial charge in [-0.25, -0.2) is 0 Å². The lowest BCUT2D eigenvalue weighted by Crippen LogP contribution is -2.58. The first-order valence-electron chi connectivity index (χ1n) is 8.22. The third-order valence-electron chi connectivity index (χ3n) is 6.60. The van der Waals surface area contributed by atoms with Crippen molar-refractivity contribution in [3.05, 3.63) is 0 Å². The Hall–Kier alpha value is -0.0800. The molecule has 2 nitrogen and oxygen atoms in total. The molecule has 4 bridgehead atoms. The molecule has 0 radical (unpaired) electrons. The second-order valence-electron chi connectivity index (χ2n) is 7.92. The minimum Gasteiger partial charge on any atom is -0.326 e. The zero-order valence-electron chi connectivity index (χ0n) is 11.5. The van der Waals surface area contributed by atoms with E-state index >= 15 is 0 Å².